The number of ether oxygens (including phenoxy) is 1. The maximum atomic E-state index is 13.7. The van der Waals surface area contributed by atoms with Crippen molar-refractivity contribution in [2.24, 2.45) is 0 Å². The average Bonchev–Trinajstić information content (AvgIpc) is 3.09. The second kappa shape index (κ2) is 9.37. The number of hydrogen-bond acceptors (Lipinski definition) is 4. The van der Waals surface area contributed by atoms with Gasteiger partial charge in [0, 0.05) is 11.3 Å². The SMILES string of the molecule is COc1cc(C)c(/C(O)=C2\C(=O)C(=O)N(c3ccc(C)cc3)C2c2ccc(F)cc2)cc1C(C)C. The van der Waals surface area contributed by atoms with Gasteiger partial charge in [-0.1, -0.05) is 43.7 Å². The molecule has 1 N–H and O–H groups in total. The topological polar surface area (TPSA) is 66.8 Å². The van der Waals surface area contributed by atoms with Gasteiger partial charge in [-0.05, 0) is 72.9 Å². The van der Waals surface area contributed by atoms with Crippen molar-refractivity contribution in [3.63, 3.8) is 0 Å². The van der Waals surface area contributed by atoms with E-state index in [2.05, 4.69) is 0 Å². The highest BCUT2D eigenvalue weighted by molar-refractivity contribution is 6.51. The van der Waals surface area contributed by atoms with Crippen LogP contribution < -0.4 is 9.64 Å². The molecule has 0 radical (unpaired) electrons. The number of aliphatic hydroxyl groups is 1. The lowest BCUT2D eigenvalue weighted by molar-refractivity contribution is -0.132. The highest BCUT2D eigenvalue weighted by Gasteiger charge is 2.47. The molecule has 3 aromatic carbocycles. The number of carbonyl (C=O) groups is 2. The number of nitrogens with zero attached hydrogens (tertiary/aromatic N) is 1. The van der Waals surface area contributed by atoms with Gasteiger partial charge in [-0.15, -0.1) is 0 Å². The van der Waals surface area contributed by atoms with Crippen LogP contribution >= 0.6 is 0 Å². The Bertz CT molecular complexity index is 1320. The van der Waals surface area contributed by atoms with E-state index < -0.39 is 23.5 Å². The summed E-state index contributed by atoms with van der Waals surface area (Å²) in [5.74, 6) is -1.47. The van der Waals surface area contributed by atoms with E-state index in [0.717, 1.165) is 11.1 Å². The molecule has 0 bridgehead atoms. The Labute approximate surface area is 204 Å². The predicted octanol–water partition coefficient (Wildman–Crippen LogP) is 6.20. The fraction of sp³-hybridized carbons (Fsp3) is 0.241. The summed E-state index contributed by atoms with van der Waals surface area (Å²) in [4.78, 5) is 28.0. The summed E-state index contributed by atoms with van der Waals surface area (Å²) in [5, 5.41) is 11.5. The third-order valence-electron chi connectivity index (χ3n) is 6.40. The predicted molar refractivity (Wildman–Crippen MR) is 134 cm³/mol. The molecule has 1 amide bonds. The van der Waals surface area contributed by atoms with Crippen molar-refractivity contribution in [3.05, 3.63) is 99.9 Å². The Hall–Kier alpha value is -3.93. The molecule has 1 heterocycles. The molecule has 180 valence electrons. The molecule has 4 rings (SSSR count). The fourth-order valence-corrected chi connectivity index (χ4v) is 4.49. The second-order valence-electron chi connectivity index (χ2n) is 9.12. The smallest absolute Gasteiger partial charge is 0.300 e. The minimum Gasteiger partial charge on any atom is -0.507 e. The molecule has 1 unspecified atom stereocenters. The van der Waals surface area contributed by atoms with Crippen LogP contribution in [0.5, 0.6) is 5.75 Å². The molecule has 0 aromatic heterocycles. The highest BCUT2D eigenvalue weighted by Crippen LogP contribution is 2.43. The Balaban J connectivity index is 1.98. The van der Waals surface area contributed by atoms with Gasteiger partial charge in [0.2, 0.25) is 0 Å². The first kappa shape index (κ1) is 24.2. The maximum absolute atomic E-state index is 13.7. The molecule has 1 atom stereocenters. The van der Waals surface area contributed by atoms with E-state index >= 15 is 0 Å². The summed E-state index contributed by atoms with van der Waals surface area (Å²) in [6.45, 7) is 7.75. The zero-order chi connectivity index (χ0) is 25.4. The maximum Gasteiger partial charge on any atom is 0.300 e. The molecule has 6 heteroatoms. The van der Waals surface area contributed by atoms with Crippen molar-refractivity contribution in [1.29, 1.82) is 0 Å². The molecule has 1 fully saturated rings. The van der Waals surface area contributed by atoms with Crippen molar-refractivity contribution < 1.29 is 23.8 Å². The van der Waals surface area contributed by atoms with Crippen molar-refractivity contribution in [1.82, 2.24) is 0 Å². The lowest BCUT2D eigenvalue weighted by Gasteiger charge is -2.26. The molecule has 3 aromatic rings. The Kier molecular flexibility index (Phi) is 6.48. The average molecular weight is 474 g/mol. The van der Waals surface area contributed by atoms with E-state index in [1.165, 1.54) is 29.2 Å². The van der Waals surface area contributed by atoms with Crippen LogP contribution in [0.4, 0.5) is 10.1 Å². The highest BCUT2D eigenvalue weighted by atomic mass is 19.1. The molecular weight excluding hydrogens is 445 g/mol. The molecule has 1 aliphatic rings. The largest absolute Gasteiger partial charge is 0.507 e. The number of ketones is 1. The standard InChI is InChI=1S/C29H28FNO4/c1-16(2)22-15-23(18(4)14-24(22)35-5)27(32)25-26(19-8-10-20(30)11-9-19)31(29(34)28(25)33)21-12-6-17(3)7-13-21/h6-16,26,32H,1-5H3/b27-25+. The molecule has 0 saturated carbocycles. The van der Waals surface area contributed by atoms with Crippen LogP contribution in [0.1, 0.15) is 53.6 Å². The van der Waals surface area contributed by atoms with E-state index in [-0.39, 0.29) is 17.3 Å². The van der Waals surface area contributed by atoms with E-state index in [1.807, 2.05) is 45.9 Å². The third-order valence-corrected chi connectivity index (χ3v) is 6.40. The number of methoxy groups -OCH3 is 1. The Morgan fingerprint density at radius 3 is 2.20 bits per heavy atom. The van der Waals surface area contributed by atoms with Crippen LogP contribution in [0.25, 0.3) is 5.76 Å². The van der Waals surface area contributed by atoms with Crippen LogP contribution in [0.2, 0.25) is 0 Å². The van der Waals surface area contributed by atoms with Crippen molar-refractivity contribution in [2.45, 2.75) is 39.7 Å². The Morgan fingerprint density at radius 1 is 1.00 bits per heavy atom. The number of amides is 1. The summed E-state index contributed by atoms with van der Waals surface area (Å²) >= 11 is 0. The van der Waals surface area contributed by atoms with Gasteiger partial charge in [0.25, 0.3) is 11.7 Å². The molecule has 0 aliphatic carbocycles. The van der Waals surface area contributed by atoms with E-state index in [4.69, 9.17) is 4.74 Å². The molecule has 0 spiro atoms. The lowest BCUT2D eigenvalue weighted by Crippen LogP contribution is -2.29. The normalized spacial score (nSPS) is 17.3. The Morgan fingerprint density at radius 2 is 1.63 bits per heavy atom. The first-order valence-electron chi connectivity index (χ1n) is 11.5. The number of benzene rings is 3. The molecular formula is C29H28FNO4. The number of aliphatic hydroxyl groups excluding tert-OH is 1. The molecule has 35 heavy (non-hydrogen) atoms. The lowest BCUT2D eigenvalue weighted by atomic mass is 9.91. The third kappa shape index (κ3) is 4.32. The fourth-order valence-electron chi connectivity index (χ4n) is 4.49. The van der Waals surface area contributed by atoms with Gasteiger partial charge in [-0.3, -0.25) is 14.5 Å². The summed E-state index contributed by atoms with van der Waals surface area (Å²) in [7, 11) is 1.59. The monoisotopic (exact) mass is 473 g/mol. The van der Waals surface area contributed by atoms with E-state index in [9.17, 15) is 19.1 Å². The van der Waals surface area contributed by atoms with Gasteiger partial charge in [0.1, 0.15) is 17.3 Å². The van der Waals surface area contributed by atoms with Crippen molar-refractivity contribution in [2.75, 3.05) is 12.0 Å². The number of Topliss-reactive ketones (excluding diaryl/α,β-unsaturated/α-hetero) is 1. The van der Waals surface area contributed by atoms with Crippen LogP contribution in [0.3, 0.4) is 0 Å². The van der Waals surface area contributed by atoms with Gasteiger partial charge >= 0.3 is 0 Å². The first-order chi connectivity index (χ1) is 16.6. The summed E-state index contributed by atoms with van der Waals surface area (Å²) in [5.41, 5.74) is 4.00. The minimum absolute atomic E-state index is 0.0369. The number of hydrogen-bond donors (Lipinski definition) is 1. The first-order valence-corrected chi connectivity index (χ1v) is 11.5. The summed E-state index contributed by atoms with van der Waals surface area (Å²) in [6.07, 6.45) is 0. The summed E-state index contributed by atoms with van der Waals surface area (Å²) < 4.78 is 19.2. The van der Waals surface area contributed by atoms with Gasteiger partial charge in [-0.2, -0.15) is 0 Å². The summed E-state index contributed by atoms with van der Waals surface area (Å²) in [6, 6.07) is 15.5. The van der Waals surface area contributed by atoms with Gasteiger partial charge < -0.3 is 9.84 Å². The van der Waals surface area contributed by atoms with Crippen molar-refractivity contribution in [3.8, 4) is 5.75 Å². The quantitative estimate of drug-likeness (QED) is 0.272. The van der Waals surface area contributed by atoms with Crippen LogP contribution in [-0.2, 0) is 9.59 Å². The van der Waals surface area contributed by atoms with Crippen LogP contribution in [0.15, 0.2) is 66.2 Å². The molecule has 5 nitrogen and oxygen atoms in total. The zero-order valence-electron chi connectivity index (χ0n) is 20.4. The van der Waals surface area contributed by atoms with Crippen LogP contribution in [-0.4, -0.2) is 23.9 Å². The zero-order valence-corrected chi connectivity index (χ0v) is 20.4. The molecule has 1 saturated heterocycles. The van der Waals surface area contributed by atoms with E-state index in [1.54, 1.807) is 25.3 Å². The van der Waals surface area contributed by atoms with E-state index in [0.29, 0.717) is 28.1 Å². The number of halogens is 1. The second-order valence-corrected chi connectivity index (χ2v) is 9.12. The minimum atomic E-state index is -0.915. The molecule has 1 aliphatic heterocycles. The van der Waals surface area contributed by atoms with Gasteiger partial charge in [0.15, 0.2) is 0 Å². The van der Waals surface area contributed by atoms with Gasteiger partial charge in [0.05, 0.1) is 18.7 Å². The number of anilines is 1. The van der Waals surface area contributed by atoms with Crippen molar-refractivity contribution >= 4 is 23.1 Å². The number of rotatable bonds is 5. The number of aryl methyl sites for hydroxylation is 2. The van der Waals surface area contributed by atoms with Crippen LogP contribution in [0, 0.1) is 19.7 Å². The number of carbonyl (C=O) groups excluding carboxylic acids is 2. The van der Waals surface area contributed by atoms with Gasteiger partial charge in [-0.25, -0.2) is 4.39 Å².